The lowest BCUT2D eigenvalue weighted by atomic mass is 9.99. The average molecular weight is 503 g/mol. The third-order valence-corrected chi connectivity index (χ3v) is 6.90. The second-order valence-electron chi connectivity index (χ2n) is 9.56. The van der Waals surface area contributed by atoms with Crippen LogP contribution in [0.15, 0.2) is 76.5 Å². The van der Waals surface area contributed by atoms with Crippen molar-refractivity contribution in [1.82, 2.24) is 14.5 Å². The molecule has 4 aromatic rings. The van der Waals surface area contributed by atoms with Gasteiger partial charge in [0.05, 0.1) is 30.0 Å². The first-order valence-electron chi connectivity index (χ1n) is 12.1. The fourth-order valence-electron chi connectivity index (χ4n) is 4.87. The number of benzene rings is 3. The Bertz CT molecular complexity index is 1510. The van der Waals surface area contributed by atoms with Gasteiger partial charge in [0.1, 0.15) is 17.5 Å². The molecular formula is C29H28ClFN4O. The largest absolute Gasteiger partial charge is 0.344 e. The molecule has 1 aliphatic rings. The minimum absolute atomic E-state index is 0.0918. The Morgan fingerprint density at radius 3 is 2.56 bits per heavy atom. The average Bonchev–Trinajstić information content (AvgIpc) is 3.33. The third kappa shape index (κ3) is 4.53. The number of fused-ring (bicyclic) bond motifs is 1. The van der Waals surface area contributed by atoms with Gasteiger partial charge in [-0.05, 0) is 48.2 Å². The molecule has 5 rings (SSSR count). The molecule has 1 aliphatic heterocycles. The van der Waals surface area contributed by atoms with E-state index in [4.69, 9.17) is 21.6 Å². The first-order chi connectivity index (χ1) is 17.3. The number of nitrogens with zero attached hydrogens (tertiary/aromatic N) is 4. The van der Waals surface area contributed by atoms with Gasteiger partial charge in [0, 0.05) is 17.1 Å². The number of aliphatic imine (C=N–C) groups is 1. The number of hydrogen-bond donors (Lipinski definition) is 0. The van der Waals surface area contributed by atoms with E-state index >= 15 is 0 Å². The number of aryl methyl sites for hydroxylation is 1. The maximum atomic E-state index is 14.5. The van der Waals surface area contributed by atoms with Crippen molar-refractivity contribution in [2.24, 2.45) is 10.9 Å². The predicted molar refractivity (Wildman–Crippen MR) is 143 cm³/mol. The lowest BCUT2D eigenvalue weighted by molar-refractivity contribution is 0.250. The summed E-state index contributed by atoms with van der Waals surface area (Å²) in [7, 11) is 0. The van der Waals surface area contributed by atoms with E-state index in [1.807, 2.05) is 36.4 Å². The fraction of sp³-hybridized carbons (Fsp3) is 0.276. The number of amidine groups is 1. The van der Waals surface area contributed by atoms with Crippen LogP contribution in [-0.2, 0) is 6.54 Å². The van der Waals surface area contributed by atoms with Crippen molar-refractivity contribution in [1.29, 1.82) is 0 Å². The molecule has 0 aliphatic carbocycles. The number of halogens is 2. The molecule has 0 bridgehead atoms. The Kier molecular flexibility index (Phi) is 6.63. The number of hydrogen-bond acceptors (Lipinski definition) is 4. The monoisotopic (exact) mass is 502 g/mol. The van der Waals surface area contributed by atoms with Gasteiger partial charge in [-0.1, -0.05) is 67.9 Å². The van der Waals surface area contributed by atoms with Crippen molar-refractivity contribution < 1.29 is 4.39 Å². The first kappa shape index (κ1) is 24.2. The van der Waals surface area contributed by atoms with E-state index in [0.29, 0.717) is 46.9 Å². The van der Waals surface area contributed by atoms with Gasteiger partial charge in [-0.25, -0.2) is 9.37 Å². The Morgan fingerprint density at radius 1 is 1.06 bits per heavy atom. The molecule has 0 unspecified atom stereocenters. The van der Waals surface area contributed by atoms with Crippen molar-refractivity contribution in [2.45, 2.75) is 33.4 Å². The maximum Gasteiger partial charge on any atom is 0.261 e. The van der Waals surface area contributed by atoms with Gasteiger partial charge in [0.15, 0.2) is 0 Å². The van der Waals surface area contributed by atoms with Crippen molar-refractivity contribution in [3.05, 3.63) is 110 Å². The molecule has 0 spiro atoms. The summed E-state index contributed by atoms with van der Waals surface area (Å²) >= 11 is 6.28. The van der Waals surface area contributed by atoms with Crippen LogP contribution in [0.3, 0.4) is 0 Å². The highest BCUT2D eigenvalue weighted by Gasteiger charge is 2.33. The highest BCUT2D eigenvalue weighted by Crippen LogP contribution is 2.32. The molecule has 5 nitrogen and oxygen atoms in total. The summed E-state index contributed by atoms with van der Waals surface area (Å²) in [5.74, 6) is 1.20. The van der Waals surface area contributed by atoms with Crippen molar-refractivity contribution >= 4 is 28.3 Å². The van der Waals surface area contributed by atoms with E-state index in [0.717, 1.165) is 17.0 Å². The van der Waals surface area contributed by atoms with Gasteiger partial charge >= 0.3 is 0 Å². The quantitative estimate of drug-likeness (QED) is 0.324. The zero-order valence-corrected chi connectivity index (χ0v) is 21.3. The summed E-state index contributed by atoms with van der Waals surface area (Å²) in [5.41, 5.74) is 2.78. The van der Waals surface area contributed by atoms with E-state index in [1.165, 1.54) is 6.07 Å². The summed E-state index contributed by atoms with van der Waals surface area (Å²) in [4.78, 5) is 25.7. The molecule has 7 heteroatoms. The van der Waals surface area contributed by atoms with Crippen LogP contribution >= 0.6 is 11.6 Å². The van der Waals surface area contributed by atoms with E-state index < -0.39 is 0 Å². The molecule has 0 N–H and O–H groups in total. The number of rotatable bonds is 6. The summed E-state index contributed by atoms with van der Waals surface area (Å²) in [5, 5.41) is 1.05. The first-order valence-corrected chi connectivity index (χ1v) is 12.5. The molecular weight excluding hydrogens is 475 g/mol. The van der Waals surface area contributed by atoms with Gasteiger partial charge in [-0.2, -0.15) is 0 Å². The molecule has 1 aromatic heterocycles. The Morgan fingerprint density at radius 2 is 1.83 bits per heavy atom. The van der Waals surface area contributed by atoms with Gasteiger partial charge in [0.25, 0.3) is 5.56 Å². The summed E-state index contributed by atoms with van der Waals surface area (Å²) in [6.45, 7) is 7.60. The van der Waals surface area contributed by atoms with E-state index in [9.17, 15) is 9.18 Å². The summed E-state index contributed by atoms with van der Waals surface area (Å²) in [6.07, 6.45) is 0. The third-order valence-electron chi connectivity index (χ3n) is 6.67. The summed E-state index contributed by atoms with van der Waals surface area (Å²) in [6, 6.07) is 20.0. The van der Waals surface area contributed by atoms with Crippen LogP contribution in [-0.4, -0.2) is 33.4 Å². The lowest BCUT2D eigenvalue weighted by Gasteiger charge is -2.34. The van der Waals surface area contributed by atoms with Gasteiger partial charge in [-0.3, -0.25) is 14.4 Å². The Balaban J connectivity index is 1.69. The molecule has 36 heavy (non-hydrogen) atoms. The zero-order valence-electron chi connectivity index (χ0n) is 20.6. The lowest BCUT2D eigenvalue weighted by Crippen LogP contribution is -2.40. The van der Waals surface area contributed by atoms with Crippen LogP contribution in [0, 0.1) is 18.7 Å². The van der Waals surface area contributed by atoms with Crippen molar-refractivity contribution in [3.8, 4) is 0 Å². The molecule has 0 amide bonds. The van der Waals surface area contributed by atoms with Crippen molar-refractivity contribution in [3.63, 3.8) is 0 Å². The highest BCUT2D eigenvalue weighted by atomic mass is 35.5. The second-order valence-corrected chi connectivity index (χ2v) is 10.00. The fourth-order valence-corrected chi connectivity index (χ4v) is 5.04. The minimum Gasteiger partial charge on any atom is -0.344 e. The maximum absolute atomic E-state index is 14.5. The van der Waals surface area contributed by atoms with E-state index in [2.05, 4.69) is 18.7 Å². The molecule has 1 atom stereocenters. The van der Waals surface area contributed by atoms with Crippen LogP contribution in [0.2, 0.25) is 5.02 Å². The molecule has 184 valence electrons. The standard InChI is InChI=1S/C29H28ClFN4O/c1-18(2)26(34-14-13-32-27(34)21-10-9-19(3)24(31)15-21)28-33-25-16-22(30)11-12-23(25)29(36)35(28)17-20-7-5-4-6-8-20/h4-12,15-16,18,26H,13-14,17H2,1-3H3/t26-/m1/s1. The van der Waals surface area contributed by atoms with Gasteiger partial charge < -0.3 is 4.90 Å². The predicted octanol–water partition coefficient (Wildman–Crippen LogP) is 6.01. The molecule has 0 fully saturated rings. The van der Waals surface area contributed by atoms with Crippen molar-refractivity contribution in [2.75, 3.05) is 13.1 Å². The summed E-state index contributed by atoms with van der Waals surface area (Å²) < 4.78 is 16.2. The smallest absolute Gasteiger partial charge is 0.261 e. The molecule has 0 radical (unpaired) electrons. The number of aromatic nitrogens is 2. The molecule has 0 saturated carbocycles. The minimum atomic E-state index is -0.261. The molecule has 2 heterocycles. The SMILES string of the molecule is Cc1ccc(C2=NCCN2[C@@H](c2nc3cc(Cl)ccc3c(=O)n2Cc2ccccc2)C(C)C)cc1F. The molecule has 3 aromatic carbocycles. The van der Waals surface area contributed by atoms with Gasteiger partial charge in [-0.15, -0.1) is 0 Å². The van der Waals surface area contributed by atoms with Crippen LogP contribution in [0.4, 0.5) is 4.39 Å². The van der Waals surface area contributed by atoms with E-state index in [-0.39, 0.29) is 23.3 Å². The van der Waals surface area contributed by atoms with E-state index in [1.54, 1.807) is 35.8 Å². The molecule has 0 saturated heterocycles. The van der Waals surface area contributed by atoms with Crippen LogP contribution < -0.4 is 5.56 Å². The Labute approximate surface area is 214 Å². The van der Waals surface area contributed by atoms with Crippen LogP contribution in [0.25, 0.3) is 10.9 Å². The highest BCUT2D eigenvalue weighted by molar-refractivity contribution is 6.31. The second kappa shape index (κ2) is 9.86. The zero-order chi connectivity index (χ0) is 25.4. The van der Waals surface area contributed by atoms with Gasteiger partial charge in [0.2, 0.25) is 0 Å². The topological polar surface area (TPSA) is 50.5 Å². The van der Waals surface area contributed by atoms with Crippen LogP contribution in [0.1, 0.15) is 42.4 Å². The van der Waals surface area contributed by atoms with Crippen LogP contribution in [0.5, 0.6) is 0 Å². The normalized spacial score (nSPS) is 14.5. The Hall–Kier alpha value is -3.51.